The molecule has 1 aliphatic carbocycles. The third-order valence-corrected chi connectivity index (χ3v) is 2.91. The molecule has 96 valence electrons. The highest BCUT2D eigenvalue weighted by molar-refractivity contribution is 5.82. The Balaban J connectivity index is 1.95. The number of amides is 1. The highest BCUT2D eigenvalue weighted by atomic mass is 16.4. The van der Waals surface area contributed by atoms with Crippen molar-refractivity contribution in [1.82, 2.24) is 9.88 Å². The van der Waals surface area contributed by atoms with E-state index in [1.807, 2.05) is 6.07 Å². The summed E-state index contributed by atoms with van der Waals surface area (Å²) in [5, 5.41) is 8.82. The summed E-state index contributed by atoms with van der Waals surface area (Å²) in [4.78, 5) is 28.3. The predicted molar refractivity (Wildman–Crippen MR) is 64.9 cm³/mol. The molecule has 0 aromatic carbocycles. The summed E-state index contributed by atoms with van der Waals surface area (Å²) in [6.07, 6.45) is 3.98. The van der Waals surface area contributed by atoms with Crippen molar-refractivity contribution in [3.63, 3.8) is 0 Å². The molecule has 0 unspecified atom stereocenters. The summed E-state index contributed by atoms with van der Waals surface area (Å²) in [5.74, 6) is -0.648. The van der Waals surface area contributed by atoms with Gasteiger partial charge in [-0.25, -0.2) is 0 Å². The lowest BCUT2D eigenvalue weighted by Crippen LogP contribution is -2.38. The van der Waals surface area contributed by atoms with Gasteiger partial charge in [0.15, 0.2) is 0 Å². The molecule has 0 bridgehead atoms. The maximum Gasteiger partial charge on any atom is 0.323 e. The van der Waals surface area contributed by atoms with Gasteiger partial charge in [0, 0.05) is 18.4 Å². The molecule has 1 aromatic heterocycles. The molecule has 0 atom stereocenters. The van der Waals surface area contributed by atoms with Crippen LogP contribution in [-0.2, 0) is 16.0 Å². The van der Waals surface area contributed by atoms with Crippen LogP contribution in [-0.4, -0.2) is 40.0 Å². The van der Waals surface area contributed by atoms with Gasteiger partial charge in [-0.2, -0.15) is 0 Å². The van der Waals surface area contributed by atoms with Gasteiger partial charge in [0.1, 0.15) is 6.54 Å². The first-order valence-electron chi connectivity index (χ1n) is 6.04. The molecule has 1 aromatic rings. The zero-order chi connectivity index (χ0) is 13.0. The molecule has 18 heavy (non-hydrogen) atoms. The fourth-order valence-electron chi connectivity index (χ4n) is 1.80. The summed E-state index contributed by atoms with van der Waals surface area (Å²) in [6, 6.07) is 5.37. The number of carbonyl (C=O) groups is 2. The van der Waals surface area contributed by atoms with Crippen LogP contribution in [0.15, 0.2) is 24.4 Å². The van der Waals surface area contributed by atoms with Crippen molar-refractivity contribution in [2.24, 2.45) is 5.92 Å². The highest BCUT2D eigenvalue weighted by Crippen LogP contribution is 2.29. The molecule has 1 amide bonds. The van der Waals surface area contributed by atoms with E-state index in [-0.39, 0.29) is 18.9 Å². The van der Waals surface area contributed by atoms with E-state index in [2.05, 4.69) is 4.98 Å². The average molecular weight is 248 g/mol. The van der Waals surface area contributed by atoms with Crippen LogP contribution < -0.4 is 0 Å². The van der Waals surface area contributed by atoms with Gasteiger partial charge in [0.25, 0.3) is 0 Å². The summed E-state index contributed by atoms with van der Waals surface area (Å²) in [6.45, 7) is 0.333. The maximum atomic E-state index is 12.0. The minimum atomic E-state index is -0.968. The monoisotopic (exact) mass is 248 g/mol. The standard InChI is InChI=1S/C13H16N2O3/c16-12(7-11-3-1-2-6-14-11)15(9-13(17)18)8-10-4-5-10/h1-3,6,10H,4-5,7-9H2,(H,17,18). The Morgan fingerprint density at radius 2 is 2.17 bits per heavy atom. The van der Waals surface area contributed by atoms with E-state index < -0.39 is 5.97 Å². The molecule has 0 spiro atoms. The van der Waals surface area contributed by atoms with Gasteiger partial charge in [-0.15, -0.1) is 0 Å². The molecule has 1 saturated carbocycles. The van der Waals surface area contributed by atoms with Crippen molar-refractivity contribution < 1.29 is 14.7 Å². The Morgan fingerprint density at radius 1 is 1.39 bits per heavy atom. The van der Waals surface area contributed by atoms with E-state index in [0.717, 1.165) is 12.8 Å². The molecule has 0 saturated heterocycles. The van der Waals surface area contributed by atoms with Crippen molar-refractivity contribution in [1.29, 1.82) is 0 Å². The number of hydrogen-bond donors (Lipinski definition) is 1. The van der Waals surface area contributed by atoms with Crippen molar-refractivity contribution in [3.8, 4) is 0 Å². The Hall–Kier alpha value is -1.91. The molecule has 0 aliphatic heterocycles. The quantitative estimate of drug-likeness (QED) is 0.813. The van der Waals surface area contributed by atoms with Crippen molar-refractivity contribution in [2.45, 2.75) is 19.3 Å². The largest absolute Gasteiger partial charge is 0.480 e. The number of rotatable bonds is 6. The van der Waals surface area contributed by atoms with Gasteiger partial charge in [0.05, 0.1) is 6.42 Å². The third kappa shape index (κ3) is 3.84. The molecule has 1 fully saturated rings. The Labute approximate surface area is 105 Å². The van der Waals surface area contributed by atoms with E-state index in [0.29, 0.717) is 18.2 Å². The number of hydrogen-bond acceptors (Lipinski definition) is 3. The lowest BCUT2D eigenvalue weighted by atomic mass is 10.2. The molecule has 2 rings (SSSR count). The number of carbonyl (C=O) groups excluding carboxylic acids is 1. The summed E-state index contributed by atoms with van der Waals surface area (Å²) < 4.78 is 0. The SMILES string of the molecule is O=C(O)CN(CC1CC1)C(=O)Cc1ccccn1. The molecule has 0 radical (unpaired) electrons. The molecular formula is C13H16N2O3. The molecule has 1 heterocycles. The van der Waals surface area contributed by atoms with E-state index in [1.165, 1.54) is 4.90 Å². The third-order valence-electron chi connectivity index (χ3n) is 2.91. The zero-order valence-corrected chi connectivity index (χ0v) is 10.1. The van der Waals surface area contributed by atoms with Crippen molar-refractivity contribution >= 4 is 11.9 Å². The normalized spacial score (nSPS) is 14.2. The summed E-state index contributed by atoms with van der Waals surface area (Å²) in [7, 11) is 0. The summed E-state index contributed by atoms with van der Waals surface area (Å²) in [5.41, 5.74) is 0.675. The van der Waals surface area contributed by atoms with E-state index in [4.69, 9.17) is 5.11 Å². The number of pyridine rings is 1. The summed E-state index contributed by atoms with van der Waals surface area (Å²) >= 11 is 0. The zero-order valence-electron chi connectivity index (χ0n) is 10.1. The van der Waals surface area contributed by atoms with Gasteiger partial charge in [-0.3, -0.25) is 14.6 Å². The Morgan fingerprint density at radius 3 is 2.72 bits per heavy atom. The first-order chi connectivity index (χ1) is 8.65. The molecule has 5 heteroatoms. The number of carboxylic acid groups (broad SMARTS) is 1. The number of aromatic nitrogens is 1. The topological polar surface area (TPSA) is 70.5 Å². The van der Waals surface area contributed by atoms with Crippen molar-refractivity contribution in [3.05, 3.63) is 30.1 Å². The Bertz CT molecular complexity index is 429. The van der Waals surface area contributed by atoms with Crippen LogP contribution in [0.4, 0.5) is 0 Å². The van der Waals surface area contributed by atoms with Crippen LogP contribution in [0.5, 0.6) is 0 Å². The fraction of sp³-hybridized carbons (Fsp3) is 0.462. The average Bonchev–Trinajstić information content (AvgIpc) is 3.13. The molecule has 1 N–H and O–H groups in total. The smallest absolute Gasteiger partial charge is 0.323 e. The van der Waals surface area contributed by atoms with Crippen LogP contribution >= 0.6 is 0 Å². The fourth-order valence-corrected chi connectivity index (χ4v) is 1.80. The second-order valence-corrected chi connectivity index (χ2v) is 4.61. The first kappa shape index (κ1) is 12.5. The van der Waals surface area contributed by atoms with E-state index in [1.54, 1.807) is 18.3 Å². The van der Waals surface area contributed by atoms with Crippen LogP contribution in [0.3, 0.4) is 0 Å². The number of carboxylic acids is 1. The Kier molecular flexibility index (Phi) is 3.92. The van der Waals surface area contributed by atoms with Gasteiger partial charge in [-0.05, 0) is 30.9 Å². The van der Waals surface area contributed by atoms with Crippen LogP contribution in [0.1, 0.15) is 18.5 Å². The van der Waals surface area contributed by atoms with Gasteiger partial charge in [-0.1, -0.05) is 6.07 Å². The second-order valence-electron chi connectivity index (χ2n) is 4.61. The predicted octanol–water partition coefficient (Wildman–Crippen LogP) is 0.947. The molecule has 1 aliphatic rings. The lowest BCUT2D eigenvalue weighted by molar-refractivity contribution is -0.144. The maximum absolute atomic E-state index is 12.0. The highest BCUT2D eigenvalue weighted by Gasteiger charge is 2.27. The number of nitrogens with zero attached hydrogens (tertiary/aromatic N) is 2. The first-order valence-corrected chi connectivity index (χ1v) is 6.04. The van der Waals surface area contributed by atoms with Crippen LogP contribution in [0.25, 0.3) is 0 Å². The van der Waals surface area contributed by atoms with Crippen molar-refractivity contribution in [2.75, 3.05) is 13.1 Å². The van der Waals surface area contributed by atoms with E-state index >= 15 is 0 Å². The van der Waals surface area contributed by atoms with Gasteiger partial charge >= 0.3 is 5.97 Å². The minimum absolute atomic E-state index is 0.164. The molecule has 5 nitrogen and oxygen atoms in total. The number of aliphatic carboxylic acids is 1. The van der Waals surface area contributed by atoms with Gasteiger partial charge < -0.3 is 10.0 Å². The van der Waals surface area contributed by atoms with Crippen LogP contribution in [0, 0.1) is 5.92 Å². The molecular weight excluding hydrogens is 232 g/mol. The minimum Gasteiger partial charge on any atom is -0.480 e. The van der Waals surface area contributed by atoms with E-state index in [9.17, 15) is 9.59 Å². The lowest BCUT2D eigenvalue weighted by Gasteiger charge is -2.20. The second kappa shape index (κ2) is 5.62. The van der Waals surface area contributed by atoms with Crippen LogP contribution in [0.2, 0.25) is 0 Å². The van der Waals surface area contributed by atoms with Gasteiger partial charge in [0.2, 0.25) is 5.91 Å².